The van der Waals surface area contributed by atoms with Gasteiger partial charge >= 0.3 is 6.09 Å². The molecule has 47 heavy (non-hydrogen) atoms. The van der Waals surface area contributed by atoms with E-state index >= 15 is 0 Å². The van der Waals surface area contributed by atoms with Gasteiger partial charge < -0.3 is 15.4 Å². The summed E-state index contributed by atoms with van der Waals surface area (Å²) in [5, 5.41) is 6.02. The van der Waals surface area contributed by atoms with Gasteiger partial charge in [0.05, 0.1) is 35.0 Å². The molecule has 4 rings (SSSR count). The van der Waals surface area contributed by atoms with Crippen LogP contribution in [0.4, 0.5) is 21.9 Å². The average Bonchev–Trinajstić information content (AvgIpc) is 3.34. The van der Waals surface area contributed by atoms with Gasteiger partial charge in [0.2, 0.25) is 20.0 Å². The molecule has 2 N–H and O–H groups in total. The van der Waals surface area contributed by atoms with Gasteiger partial charge in [-0.05, 0) is 86.3 Å². The van der Waals surface area contributed by atoms with Gasteiger partial charge in [0.25, 0.3) is 11.8 Å². The van der Waals surface area contributed by atoms with Crippen molar-refractivity contribution in [1.82, 2.24) is 4.57 Å². The fourth-order valence-corrected chi connectivity index (χ4v) is 7.74. The lowest BCUT2D eigenvalue weighted by Gasteiger charge is -2.22. The van der Waals surface area contributed by atoms with Gasteiger partial charge in [0.1, 0.15) is 5.60 Å². The number of carbonyl (C=O) groups is 3. The third kappa shape index (κ3) is 8.37. The van der Waals surface area contributed by atoms with Crippen LogP contribution in [0.15, 0.2) is 72.9 Å². The molecule has 0 saturated carbocycles. The summed E-state index contributed by atoms with van der Waals surface area (Å²) in [6.07, 6.45) is 2.46. The van der Waals surface area contributed by atoms with Crippen LogP contribution in [0.25, 0.3) is 10.9 Å². The Hall–Kier alpha value is -4.69. The molecule has 2 amide bonds. The third-order valence-electron chi connectivity index (χ3n) is 6.86. The highest BCUT2D eigenvalue weighted by Gasteiger charge is 2.29. The Morgan fingerprint density at radius 1 is 0.745 bits per heavy atom. The molecule has 3 aromatic carbocycles. The number of ether oxygens (including phenoxy) is 1. The Balaban J connectivity index is 1.71. The largest absolute Gasteiger partial charge is 0.443 e. The Morgan fingerprint density at radius 2 is 1.36 bits per heavy atom. The molecule has 0 unspecified atom stereocenters. The van der Waals surface area contributed by atoms with Gasteiger partial charge in [-0.2, -0.15) is 3.71 Å². The van der Waals surface area contributed by atoms with Crippen LogP contribution >= 0.6 is 0 Å². The van der Waals surface area contributed by atoms with Gasteiger partial charge in [0, 0.05) is 22.8 Å². The van der Waals surface area contributed by atoms with E-state index in [1.54, 1.807) is 75.5 Å². The van der Waals surface area contributed by atoms with Crippen LogP contribution in [0.2, 0.25) is 0 Å². The van der Waals surface area contributed by atoms with E-state index in [0.717, 1.165) is 30.2 Å². The molecule has 0 aliphatic rings. The zero-order chi connectivity index (χ0) is 35.1. The first-order valence-electron chi connectivity index (χ1n) is 14.5. The molecule has 12 nitrogen and oxygen atoms in total. The van der Waals surface area contributed by atoms with E-state index in [0.29, 0.717) is 16.6 Å². The van der Waals surface area contributed by atoms with Crippen LogP contribution in [0.3, 0.4) is 0 Å². The number of nitrogens with one attached hydrogen (secondary N) is 2. The second kappa shape index (κ2) is 12.5. The molecule has 1 heterocycles. The minimum atomic E-state index is -4.31. The standard InChI is InChI=1S/C33H38N4O8S2/c1-32(2,3)23-11-9-21(10-12-23)29(38)35-27-20-25(37(46(7,41)42)47(8,43)44)14-15-26(27)30(39)34-24-13-16-28-22(19-24)17-18-36(28)31(40)45-33(4,5)6/h9-20H,1-8H3,(H,34,39)(H,35,38). The lowest BCUT2D eigenvalue weighted by molar-refractivity contribution is 0.0544. The number of rotatable bonds is 7. The second-order valence-corrected chi connectivity index (χ2v) is 17.0. The van der Waals surface area contributed by atoms with Crippen molar-refractivity contribution in [1.29, 1.82) is 0 Å². The highest BCUT2D eigenvalue weighted by molar-refractivity contribution is 8.09. The van der Waals surface area contributed by atoms with E-state index in [1.165, 1.54) is 10.6 Å². The Kier molecular flexibility index (Phi) is 9.35. The van der Waals surface area contributed by atoms with Crippen molar-refractivity contribution in [3.05, 3.63) is 89.6 Å². The summed E-state index contributed by atoms with van der Waals surface area (Å²) < 4.78 is 56.9. The number of carbonyl (C=O) groups excluding carboxylic acids is 3. The van der Waals surface area contributed by atoms with Crippen molar-refractivity contribution >= 4 is 65.9 Å². The van der Waals surface area contributed by atoms with Crippen LogP contribution in [0.5, 0.6) is 0 Å². The van der Waals surface area contributed by atoms with Crippen molar-refractivity contribution in [2.24, 2.45) is 0 Å². The molecule has 0 aliphatic carbocycles. The van der Waals surface area contributed by atoms with Gasteiger partial charge in [-0.25, -0.2) is 21.6 Å². The summed E-state index contributed by atoms with van der Waals surface area (Å²) in [4.78, 5) is 39.6. The van der Waals surface area contributed by atoms with E-state index < -0.39 is 43.6 Å². The average molecular weight is 683 g/mol. The molecule has 250 valence electrons. The topological polar surface area (TPSA) is 161 Å². The molecule has 14 heteroatoms. The number of fused-ring (bicyclic) bond motifs is 1. The highest BCUT2D eigenvalue weighted by atomic mass is 32.3. The van der Waals surface area contributed by atoms with Crippen molar-refractivity contribution in [3.8, 4) is 0 Å². The summed E-state index contributed by atoms with van der Waals surface area (Å²) >= 11 is 0. The molecule has 0 spiro atoms. The zero-order valence-corrected chi connectivity index (χ0v) is 29.0. The van der Waals surface area contributed by atoms with E-state index in [2.05, 4.69) is 10.6 Å². The number of aromatic nitrogens is 1. The SMILES string of the molecule is CC(C)(C)OC(=O)n1ccc2cc(NC(=O)c3ccc(N(S(C)(=O)=O)S(C)(=O)=O)cc3NC(=O)c3ccc(C(C)(C)C)cc3)ccc21. The molecule has 0 radical (unpaired) electrons. The van der Waals surface area contributed by atoms with Gasteiger partial charge in [0.15, 0.2) is 0 Å². The number of hydrogen-bond donors (Lipinski definition) is 2. The monoisotopic (exact) mass is 682 g/mol. The quantitative estimate of drug-likeness (QED) is 0.242. The number of anilines is 3. The molecule has 0 fully saturated rings. The van der Waals surface area contributed by atoms with Crippen molar-refractivity contribution in [3.63, 3.8) is 0 Å². The number of nitrogens with zero attached hydrogens (tertiary/aromatic N) is 2. The van der Waals surface area contributed by atoms with E-state index in [9.17, 15) is 31.2 Å². The third-order valence-corrected chi connectivity index (χ3v) is 10.1. The van der Waals surface area contributed by atoms with Gasteiger partial charge in [-0.15, -0.1) is 0 Å². The summed E-state index contributed by atoms with van der Waals surface area (Å²) in [5.41, 5.74) is 0.822. The summed E-state index contributed by atoms with van der Waals surface area (Å²) in [6.45, 7) is 11.4. The lowest BCUT2D eigenvalue weighted by atomic mass is 9.86. The van der Waals surface area contributed by atoms with E-state index in [1.807, 2.05) is 20.8 Å². The van der Waals surface area contributed by atoms with Crippen LogP contribution in [-0.4, -0.2) is 57.4 Å². The number of benzene rings is 3. The first-order chi connectivity index (χ1) is 21.5. The van der Waals surface area contributed by atoms with Crippen molar-refractivity contribution in [2.45, 2.75) is 52.6 Å². The number of sulfonamides is 2. The second-order valence-electron chi connectivity index (χ2n) is 13.1. The minimum Gasteiger partial charge on any atom is -0.443 e. The smallest absolute Gasteiger partial charge is 0.418 e. The van der Waals surface area contributed by atoms with Crippen LogP contribution in [0.1, 0.15) is 67.8 Å². The van der Waals surface area contributed by atoms with Crippen LogP contribution < -0.4 is 14.3 Å². The zero-order valence-electron chi connectivity index (χ0n) is 27.4. The molecule has 0 aliphatic heterocycles. The predicted molar refractivity (Wildman–Crippen MR) is 183 cm³/mol. The fourth-order valence-electron chi connectivity index (χ4n) is 4.78. The molecular formula is C33H38N4O8S2. The van der Waals surface area contributed by atoms with Gasteiger partial charge in [-0.3, -0.25) is 14.2 Å². The molecular weight excluding hydrogens is 645 g/mol. The Morgan fingerprint density at radius 3 is 1.91 bits per heavy atom. The molecule has 4 aromatic rings. The summed E-state index contributed by atoms with van der Waals surface area (Å²) in [5.74, 6) is -1.28. The fraction of sp³-hybridized carbons (Fsp3) is 0.303. The molecule has 0 atom stereocenters. The lowest BCUT2D eigenvalue weighted by Crippen LogP contribution is -2.35. The summed E-state index contributed by atoms with van der Waals surface area (Å²) in [6, 6.07) is 16.9. The Labute approximate surface area is 274 Å². The van der Waals surface area contributed by atoms with Gasteiger partial charge in [-0.1, -0.05) is 32.9 Å². The maximum Gasteiger partial charge on any atom is 0.418 e. The summed E-state index contributed by atoms with van der Waals surface area (Å²) in [7, 11) is -8.62. The van der Waals surface area contributed by atoms with Crippen LogP contribution in [-0.2, 0) is 30.2 Å². The first-order valence-corrected chi connectivity index (χ1v) is 18.2. The minimum absolute atomic E-state index is 0.0678. The highest BCUT2D eigenvalue weighted by Crippen LogP contribution is 2.30. The molecule has 1 aromatic heterocycles. The van der Waals surface area contributed by atoms with Crippen molar-refractivity contribution in [2.75, 3.05) is 26.9 Å². The molecule has 0 bridgehead atoms. The Bertz CT molecular complexity index is 2060. The normalized spacial score (nSPS) is 12.4. The number of amides is 2. The number of hydrogen-bond acceptors (Lipinski definition) is 8. The maximum atomic E-state index is 13.6. The van der Waals surface area contributed by atoms with E-state index in [-0.39, 0.29) is 31.6 Å². The van der Waals surface area contributed by atoms with Crippen LogP contribution in [0, 0.1) is 0 Å². The van der Waals surface area contributed by atoms with E-state index in [4.69, 9.17) is 4.74 Å². The van der Waals surface area contributed by atoms with Crippen molar-refractivity contribution < 1.29 is 36.0 Å². The maximum absolute atomic E-state index is 13.6. The molecule has 0 saturated heterocycles. The first kappa shape index (κ1) is 35.2. The predicted octanol–water partition coefficient (Wildman–Crippen LogP) is 5.95.